The molecule has 3 saturated heterocycles. The van der Waals surface area contributed by atoms with E-state index in [9.17, 15) is 19.5 Å². The van der Waals surface area contributed by atoms with E-state index in [1.54, 1.807) is 38.6 Å². The van der Waals surface area contributed by atoms with Crippen LogP contribution in [0.2, 0.25) is 0 Å². The number of anilines is 3. The second-order valence-corrected chi connectivity index (χ2v) is 13.6. The van der Waals surface area contributed by atoms with E-state index >= 15 is 0 Å². The third kappa shape index (κ3) is 5.58. The van der Waals surface area contributed by atoms with Crippen molar-refractivity contribution >= 4 is 46.5 Å². The first-order valence-electron chi connectivity index (χ1n) is 16.2. The monoisotopic (exact) mass is 630 g/mol. The van der Waals surface area contributed by atoms with Crippen LogP contribution in [0.5, 0.6) is 0 Å². The second-order valence-electron chi connectivity index (χ2n) is 12.0. The number of benzene rings is 2. The summed E-state index contributed by atoms with van der Waals surface area (Å²) in [6, 6.07) is 16.1. The largest absolute Gasteiger partial charge is 0.394 e. The number of carbonyl (C=O) groups is 3. The van der Waals surface area contributed by atoms with Gasteiger partial charge in [0.2, 0.25) is 11.8 Å². The maximum Gasteiger partial charge on any atom is 0.251 e. The molecule has 1 spiro atoms. The fourth-order valence-corrected chi connectivity index (χ4v) is 9.92. The number of carbonyl (C=O) groups excluding carboxylic acids is 3. The molecule has 6 atom stereocenters. The molecule has 3 heterocycles. The van der Waals surface area contributed by atoms with E-state index in [1.807, 2.05) is 61.5 Å². The first-order chi connectivity index (χ1) is 21.8. The predicted octanol–water partition coefficient (Wildman–Crippen LogP) is 5.13. The van der Waals surface area contributed by atoms with Gasteiger partial charge in [-0.1, -0.05) is 37.3 Å². The second kappa shape index (κ2) is 13.8. The number of aliphatic hydroxyl groups is 1. The van der Waals surface area contributed by atoms with Gasteiger partial charge in [0.1, 0.15) is 6.04 Å². The molecular weight excluding hydrogens is 584 g/mol. The molecule has 1 N–H and O–H groups in total. The lowest BCUT2D eigenvalue weighted by Gasteiger charge is -2.39. The van der Waals surface area contributed by atoms with E-state index in [1.165, 1.54) is 0 Å². The summed E-state index contributed by atoms with van der Waals surface area (Å²) >= 11 is 1.64. The van der Waals surface area contributed by atoms with Gasteiger partial charge in [0, 0.05) is 48.5 Å². The fourth-order valence-electron chi connectivity index (χ4n) is 7.73. The standard InChI is InChI=1S/C36H46N4O4S/c1-6-22-38(27-14-12-11-13-15-27)33(42)30-29-20-21-36(45-29)31(30)34(43)40(25(8-3)24-41)32(36)35(44)39(23-7-2)28-18-16-26(17-19-28)37(9-4)10-5/h6-7,11-19,25,29-32,41H,1-2,8-10,20-24H2,3-5H3/t25-,29-,30+,31-,32?,36?/m0/s1. The number of amides is 3. The highest BCUT2D eigenvalue weighted by atomic mass is 32.2. The summed E-state index contributed by atoms with van der Waals surface area (Å²) in [7, 11) is 0. The summed E-state index contributed by atoms with van der Waals surface area (Å²) in [6.07, 6.45) is 5.30. The SMILES string of the molecule is C=CCN(C(=O)C1N([C@@H](CC)CO)C(=O)[C@@H]2[C@H](C(=O)N(CC=C)c3ccccc3)[C@@H]3CCC12S3)c1ccc(N(CC)CC)cc1. The van der Waals surface area contributed by atoms with Crippen LogP contribution in [-0.4, -0.2) is 82.6 Å². The van der Waals surface area contributed by atoms with Gasteiger partial charge in [-0.2, -0.15) is 0 Å². The van der Waals surface area contributed by atoms with Crippen LogP contribution in [0.1, 0.15) is 40.0 Å². The third-order valence-electron chi connectivity index (χ3n) is 9.85. The van der Waals surface area contributed by atoms with Gasteiger partial charge < -0.3 is 24.7 Å². The highest BCUT2D eigenvalue weighted by molar-refractivity contribution is 8.02. The molecule has 3 amide bonds. The minimum Gasteiger partial charge on any atom is -0.394 e. The van der Waals surface area contributed by atoms with E-state index in [4.69, 9.17) is 0 Å². The molecule has 8 nitrogen and oxygen atoms in total. The predicted molar refractivity (Wildman–Crippen MR) is 184 cm³/mol. The Morgan fingerprint density at radius 1 is 0.956 bits per heavy atom. The molecule has 0 aromatic heterocycles. The minimum atomic E-state index is -0.813. The van der Waals surface area contributed by atoms with Gasteiger partial charge in [-0.15, -0.1) is 24.9 Å². The summed E-state index contributed by atoms with van der Waals surface area (Å²) < 4.78 is -0.765. The van der Waals surface area contributed by atoms with Crippen molar-refractivity contribution < 1.29 is 19.5 Å². The van der Waals surface area contributed by atoms with Crippen molar-refractivity contribution in [2.24, 2.45) is 11.8 Å². The Hall–Kier alpha value is -3.56. The molecule has 0 saturated carbocycles. The maximum atomic E-state index is 14.9. The first kappa shape index (κ1) is 32.8. The summed E-state index contributed by atoms with van der Waals surface area (Å²) in [5.74, 6) is -1.74. The summed E-state index contributed by atoms with van der Waals surface area (Å²) in [4.78, 5) is 51.2. The van der Waals surface area contributed by atoms with Gasteiger partial charge in [0.05, 0.1) is 29.2 Å². The van der Waals surface area contributed by atoms with Crippen molar-refractivity contribution in [3.05, 3.63) is 79.9 Å². The first-order valence-corrected chi connectivity index (χ1v) is 17.0. The Bertz CT molecular complexity index is 1390. The molecule has 5 rings (SSSR count). The summed E-state index contributed by atoms with van der Waals surface area (Å²) in [6.45, 7) is 16.1. The lowest BCUT2D eigenvalue weighted by Crippen LogP contribution is -2.57. The summed E-state index contributed by atoms with van der Waals surface area (Å²) in [5.41, 5.74) is 2.56. The number of aliphatic hydroxyl groups excluding tert-OH is 1. The Morgan fingerprint density at radius 3 is 2.09 bits per heavy atom. The highest BCUT2D eigenvalue weighted by Gasteiger charge is 2.74. The van der Waals surface area contributed by atoms with Gasteiger partial charge in [-0.25, -0.2) is 0 Å². The molecule has 2 bridgehead atoms. The number of likely N-dealkylation sites (tertiary alicyclic amines) is 1. The highest BCUT2D eigenvalue weighted by Crippen LogP contribution is 2.67. The van der Waals surface area contributed by atoms with Crippen LogP contribution in [-0.2, 0) is 14.4 Å². The Labute approximate surface area is 271 Å². The van der Waals surface area contributed by atoms with E-state index in [0.29, 0.717) is 19.4 Å². The van der Waals surface area contributed by atoms with Crippen LogP contribution in [0.3, 0.4) is 0 Å². The quantitative estimate of drug-likeness (QED) is 0.292. The zero-order chi connectivity index (χ0) is 32.3. The Morgan fingerprint density at radius 2 is 1.53 bits per heavy atom. The molecule has 2 aromatic rings. The lowest BCUT2D eigenvalue weighted by atomic mass is 9.70. The van der Waals surface area contributed by atoms with E-state index in [2.05, 4.69) is 31.9 Å². The number of rotatable bonds is 14. The zero-order valence-electron chi connectivity index (χ0n) is 26.7. The van der Waals surface area contributed by atoms with Crippen LogP contribution >= 0.6 is 11.8 Å². The van der Waals surface area contributed by atoms with E-state index in [0.717, 1.165) is 36.6 Å². The number of hydrogen-bond acceptors (Lipinski definition) is 6. The van der Waals surface area contributed by atoms with Crippen LogP contribution in [0.15, 0.2) is 79.9 Å². The summed E-state index contributed by atoms with van der Waals surface area (Å²) in [5, 5.41) is 10.4. The Balaban J connectivity index is 1.56. The fraction of sp³-hybridized carbons (Fsp3) is 0.472. The normalized spacial score (nSPS) is 25.5. The molecule has 45 heavy (non-hydrogen) atoms. The Kier molecular flexibility index (Phi) is 10.1. The number of nitrogens with zero attached hydrogens (tertiary/aromatic N) is 4. The van der Waals surface area contributed by atoms with Gasteiger partial charge in [0.25, 0.3) is 5.91 Å². The van der Waals surface area contributed by atoms with E-state index < -0.39 is 28.7 Å². The van der Waals surface area contributed by atoms with E-state index in [-0.39, 0.29) is 36.1 Å². The van der Waals surface area contributed by atoms with Crippen molar-refractivity contribution in [2.45, 2.75) is 62.1 Å². The molecule has 0 radical (unpaired) electrons. The average molecular weight is 631 g/mol. The number of fused-ring (bicyclic) bond motifs is 1. The van der Waals surface area contributed by atoms with Crippen LogP contribution in [0.4, 0.5) is 17.1 Å². The molecular formula is C36H46N4O4S. The van der Waals surface area contributed by atoms with Crippen molar-refractivity contribution in [2.75, 3.05) is 47.5 Å². The zero-order valence-corrected chi connectivity index (χ0v) is 27.5. The molecule has 2 unspecified atom stereocenters. The minimum absolute atomic E-state index is 0.0738. The third-order valence-corrected chi connectivity index (χ3v) is 11.8. The molecule has 240 valence electrons. The van der Waals surface area contributed by atoms with Crippen LogP contribution < -0.4 is 14.7 Å². The van der Waals surface area contributed by atoms with Gasteiger partial charge in [-0.3, -0.25) is 14.4 Å². The van der Waals surface area contributed by atoms with Crippen LogP contribution in [0.25, 0.3) is 0 Å². The van der Waals surface area contributed by atoms with Crippen molar-refractivity contribution in [1.29, 1.82) is 0 Å². The molecule has 0 aliphatic carbocycles. The van der Waals surface area contributed by atoms with Crippen molar-refractivity contribution in [3.8, 4) is 0 Å². The van der Waals surface area contributed by atoms with Gasteiger partial charge >= 0.3 is 0 Å². The lowest BCUT2D eigenvalue weighted by molar-refractivity contribution is -0.141. The van der Waals surface area contributed by atoms with Gasteiger partial charge in [-0.05, 0) is 69.5 Å². The molecule has 2 aromatic carbocycles. The smallest absolute Gasteiger partial charge is 0.251 e. The maximum absolute atomic E-state index is 14.9. The molecule has 3 aliphatic heterocycles. The number of thioether (sulfide) groups is 1. The molecule has 9 heteroatoms. The topological polar surface area (TPSA) is 84.4 Å². The van der Waals surface area contributed by atoms with Crippen LogP contribution in [0, 0.1) is 11.8 Å². The molecule has 3 aliphatic rings. The number of hydrogen-bond donors (Lipinski definition) is 1. The van der Waals surface area contributed by atoms with Crippen molar-refractivity contribution in [3.63, 3.8) is 0 Å². The average Bonchev–Trinajstić information content (AvgIpc) is 3.71. The van der Waals surface area contributed by atoms with Gasteiger partial charge in [0.15, 0.2) is 0 Å². The van der Waals surface area contributed by atoms with Crippen molar-refractivity contribution in [1.82, 2.24) is 4.90 Å². The molecule has 3 fully saturated rings. The number of para-hydroxylation sites is 1.